The van der Waals surface area contributed by atoms with E-state index in [1.807, 2.05) is 37.3 Å². The predicted molar refractivity (Wildman–Crippen MR) is 104 cm³/mol. The van der Waals surface area contributed by atoms with Gasteiger partial charge in [-0.1, -0.05) is 19.1 Å². The van der Waals surface area contributed by atoms with E-state index in [9.17, 15) is 4.79 Å². The van der Waals surface area contributed by atoms with Gasteiger partial charge in [0.25, 0.3) is 5.91 Å². The van der Waals surface area contributed by atoms with E-state index in [1.54, 1.807) is 30.7 Å². The monoisotopic (exact) mass is 367 g/mol. The summed E-state index contributed by atoms with van der Waals surface area (Å²) < 4.78 is 5.36. The smallest absolute Gasteiger partial charge is 0.251 e. The number of benzene rings is 1. The largest absolute Gasteiger partial charge is 0.494 e. The number of aryl methyl sites for hydroxylation is 2. The second kappa shape index (κ2) is 8.10. The molecule has 0 aliphatic heterocycles. The first-order valence-corrected chi connectivity index (χ1v) is 9.26. The summed E-state index contributed by atoms with van der Waals surface area (Å²) >= 11 is 1.65. The molecular weight excluding hydrogens is 346 g/mol. The third-order valence-corrected chi connectivity index (χ3v) is 5.34. The van der Waals surface area contributed by atoms with Gasteiger partial charge in [0, 0.05) is 22.2 Å². The lowest BCUT2D eigenvalue weighted by molar-refractivity contribution is 0.0951. The van der Waals surface area contributed by atoms with Crippen LogP contribution in [0.3, 0.4) is 0 Å². The number of methoxy groups -OCH3 is 1. The average molecular weight is 367 g/mol. The average Bonchev–Trinajstić information content (AvgIpc) is 3.06. The summed E-state index contributed by atoms with van der Waals surface area (Å²) in [7, 11) is 1.61. The van der Waals surface area contributed by atoms with E-state index in [-0.39, 0.29) is 5.91 Å². The molecule has 1 amide bonds. The number of hydrogen-bond donors (Lipinski definition) is 1. The molecule has 0 unspecified atom stereocenters. The van der Waals surface area contributed by atoms with Crippen LogP contribution in [0.1, 0.15) is 32.9 Å². The van der Waals surface area contributed by atoms with E-state index in [2.05, 4.69) is 22.2 Å². The lowest BCUT2D eigenvalue weighted by atomic mass is 10.1. The maximum absolute atomic E-state index is 12.6. The number of nitrogens with zero attached hydrogens (tertiary/aromatic N) is 2. The molecule has 0 atom stereocenters. The molecule has 26 heavy (non-hydrogen) atoms. The van der Waals surface area contributed by atoms with E-state index in [0.29, 0.717) is 17.9 Å². The molecular formula is C20H21N3O2S. The third-order valence-electron chi connectivity index (χ3n) is 4.04. The number of rotatable bonds is 6. The number of amides is 1. The topological polar surface area (TPSA) is 64.1 Å². The summed E-state index contributed by atoms with van der Waals surface area (Å²) in [6, 6.07) is 11.1. The second-order valence-corrected chi connectivity index (χ2v) is 6.96. The van der Waals surface area contributed by atoms with Crippen molar-refractivity contribution in [3.63, 3.8) is 0 Å². The standard InChI is InChI=1S/C20H21N3O2S/c1-4-18-23-13(2)17(26-18)12-22-20(24)15-8-5-7-14(11-15)19-16(25-3)9-6-10-21-19/h5-11H,4,12H2,1-3H3,(H,22,24). The molecule has 0 fully saturated rings. The summed E-state index contributed by atoms with van der Waals surface area (Å²) in [5.74, 6) is 0.560. The minimum atomic E-state index is -0.118. The Hall–Kier alpha value is -2.73. The van der Waals surface area contributed by atoms with E-state index in [0.717, 1.165) is 33.3 Å². The highest BCUT2D eigenvalue weighted by molar-refractivity contribution is 7.11. The molecule has 2 heterocycles. The van der Waals surface area contributed by atoms with Gasteiger partial charge in [0.2, 0.25) is 0 Å². The van der Waals surface area contributed by atoms with Crippen molar-refractivity contribution in [3.05, 3.63) is 63.7 Å². The lowest BCUT2D eigenvalue weighted by Crippen LogP contribution is -2.22. The van der Waals surface area contributed by atoms with Gasteiger partial charge in [-0.2, -0.15) is 0 Å². The van der Waals surface area contributed by atoms with Crippen molar-refractivity contribution in [3.8, 4) is 17.0 Å². The van der Waals surface area contributed by atoms with E-state index >= 15 is 0 Å². The van der Waals surface area contributed by atoms with Gasteiger partial charge in [-0.3, -0.25) is 9.78 Å². The Bertz CT molecular complexity index is 921. The van der Waals surface area contributed by atoms with Gasteiger partial charge < -0.3 is 10.1 Å². The summed E-state index contributed by atoms with van der Waals surface area (Å²) in [5, 5.41) is 4.07. The number of thiazole rings is 1. The van der Waals surface area contributed by atoms with Crippen LogP contribution in [0.2, 0.25) is 0 Å². The van der Waals surface area contributed by atoms with Crippen LogP contribution in [-0.2, 0) is 13.0 Å². The third kappa shape index (κ3) is 3.91. The Balaban J connectivity index is 1.77. The Labute approximate surface area is 157 Å². The Morgan fingerprint density at radius 3 is 2.85 bits per heavy atom. The van der Waals surface area contributed by atoms with Crippen molar-refractivity contribution < 1.29 is 9.53 Å². The molecule has 0 aliphatic rings. The van der Waals surface area contributed by atoms with Crippen LogP contribution in [0.25, 0.3) is 11.3 Å². The van der Waals surface area contributed by atoms with Gasteiger partial charge in [-0.15, -0.1) is 11.3 Å². The van der Waals surface area contributed by atoms with Gasteiger partial charge in [0.05, 0.1) is 24.4 Å². The first kappa shape index (κ1) is 18.1. The molecule has 0 spiro atoms. The quantitative estimate of drug-likeness (QED) is 0.715. The molecule has 0 bridgehead atoms. The fraction of sp³-hybridized carbons (Fsp3) is 0.250. The number of carbonyl (C=O) groups is 1. The van der Waals surface area contributed by atoms with Crippen molar-refractivity contribution in [2.24, 2.45) is 0 Å². The van der Waals surface area contributed by atoms with Gasteiger partial charge >= 0.3 is 0 Å². The highest BCUT2D eigenvalue weighted by Crippen LogP contribution is 2.27. The van der Waals surface area contributed by atoms with Crippen LogP contribution in [-0.4, -0.2) is 23.0 Å². The fourth-order valence-corrected chi connectivity index (χ4v) is 3.59. The van der Waals surface area contributed by atoms with Crippen LogP contribution >= 0.6 is 11.3 Å². The van der Waals surface area contributed by atoms with Crippen molar-refractivity contribution in [1.29, 1.82) is 0 Å². The SMILES string of the molecule is CCc1nc(C)c(CNC(=O)c2cccc(-c3ncccc3OC)c2)s1. The molecule has 0 aliphatic carbocycles. The van der Waals surface area contributed by atoms with Gasteiger partial charge in [0.15, 0.2) is 0 Å². The normalized spacial score (nSPS) is 10.6. The van der Waals surface area contributed by atoms with Crippen molar-refractivity contribution >= 4 is 17.2 Å². The minimum absolute atomic E-state index is 0.118. The van der Waals surface area contributed by atoms with Crippen molar-refractivity contribution in [2.45, 2.75) is 26.8 Å². The Kier molecular flexibility index (Phi) is 5.63. The van der Waals surface area contributed by atoms with Crippen LogP contribution in [0.4, 0.5) is 0 Å². The molecule has 3 rings (SSSR count). The molecule has 3 aromatic rings. The fourth-order valence-electron chi connectivity index (χ4n) is 2.65. The molecule has 0 saturated carbocycles. The maximum Gasteiger partial charge on any atom is 0.251 e. The number of carbonyl (C=O) groups excluding carboxylic acids is 1. The molecule has 0 saturated heterocycles. The molecule has 0 radical (unpaired) electrons. The van der Waals surface area contributed by atoms with Crippen molar-refractivity contribution in [1.82, 2.24) is 15.3 Å². The molecule has 2 aromatic heterocycles. The number of hydrogen-bond acceptors (Lipinski definition) is 5. The molecule has 5 nitrogen and oxygen atoms in total. The van der Waals surface area contributed by atoms with Gasteiger partial charge in [0.1, 0.15) is 11.4 Å². The second-order valence-electron chi connectivity index (χ2n) is 5.79. The zero-order valence-corrected chi connectivity index (χ0v) is 15.9. The van der Waals surface area contributed by atoms with Gasteiger partial charge in [-0.25, -0.2) is 4.98 Å². The highest BCUT2D eigenvalue weighted by Gasteiger charge is 2.12. The van der Waals surface area contributed by atoms with E-state index in [4.69, 9.17) is 4.74 Å². The number of aromatic nitrogens is 2. The van der Waals surface area contributed by atoms with Crippen LogP contribution in [0, 0.1) is 6.92 Å². The number of pyridine rings is 1. The Morgan fingerprint density at radius 2 is 2.12 bits per heavy atom. The summed E-state index contributed by atoms with van der Waals surface area (Å²) in [6.45, 7) is 4.54. The summed E-state index contributed by atoms with van der Waals surface area (Å²) in [6.07, 6.45) is 2.62. The first-order chi connectivity index (χ1) is 12.6. The van der Waals surface area contributed by atoms with Crippen LogP contribution in [0.15, 0.2) is 42.6 Å². The number of nitrogens with one attached hydrogen (secondary N) is 1. The van der Waals surface area contributed by atoms with Crippen molar-refractivity contribution in [2.75, 3.05) is 7.11 Å². The Morgan fingerprint density at radius 1 is 1.27 bits per heavy atom. The van der Waals surface area contributed by atoms with E-state index < -0.39 is 0 Å². The molecule has 134 valence electrons. The lowest BCUT2D eigenvalue weighted by Gasteiger charge is -2.09. The van der Waals surface area contributed by atoms with Crippen LogP contribution in [0.5, 0.6) is 5.75 Å². The maximum atomic E-state index is 12.6. The minimum Gasteiger partial charge on any atom is -0.494 e. The molecule has 6 heteroatoms. The molecule has 1 aromatic carbocycles. The number of ether oxygens (including phenoxy) is 1. The zero-order chi connectivity index (χ0) is 18.5. The van der Waals surface area contributed by atoms with E-state index in [1.165, 1.54) is 0 Å². The zero-order valence-electron chi connectivity index (χ0n) is 15.1. The first-order valence-electron chi connectivity index (χ1n) is 8.45. The summed E-state index contributed by atoms with van der Waals surface area (Å²) in [4.78, 5) is 22.5. The predicted octanol–water partition coefficient (Wildman–Crippen LogP) is 4.01. The van der Waals surface area contributed by atoms with Gasteiger partial charge in [-0.05, 0) is 37.6 Å². The highest BCUT2D eigenvalue weighted by atomic mass is 32.1. The van der Waals surface area contributed by atoms with Crippen LogP contribution < -0.4 is 10.1 Å². The summed E-state index contributed by atoms with van der Waals surface area (Å²) in [5.41, 5.74) is 3.14. The molecule has 1 N–H and O–H groups in total.